The van der Waals surface area contributed by atoms with Crippen molar-refractivity contribution in [3.63, 3.8) is 0 Å². The van der Waals surface area contributed by atoms with Gasteiger partial charge in [-0.15, -0.1) is 0 Å². The molecular formula is C15H23F2N. The minimum absolute atomic E-state index is 0.127. The Kier molecular flexibility index (Phi) is 6.27. The summed E-state index contributed by atoms with van der Waals surface area (Å²) in [6.45, 7) is 4.22. The van der Waals surface area contributed by atoms with E-state index in [1.165, 1.54) is 18.2 Å². The van der Waals surface area contributed by atoms with Crippen molar-refractivity contribution in [1.82, 2.24) is 0 Å². The van der Waals surface area contributed by atoms with E-state index in [1.807, 2.05) is 0 Å². The highest BCUT2D eigenvalue weighted by molar-refractivity contribution is 5.20. The fourth-order valence-corrected chi connectivity index (χ4v) is 2.44. The Hall–Kier alpha value is -0.960. The van der Waals surface area contributed by atoms with Gasteiger partial charge in [0, 0.05) is 11.6 Å². The van der Waals surface area contributed by atoms with Gasteiger partial charge in [0.05, 0.1) is 0 Å². The van der Waals surface area contributed by atoms with E-state index in [1.54, 1.807) is 0 Å². The van der Waals surface area contributed by atoms with E-state index >= 15 is 0 Å². The van der Waals surface area contributed by atoms with Crippen molar-refractivity contribution >= 4 is 0 Å². The predicted octanol–water partition coefficient (Wildman–Crippen LogP) is 4.05. The lowest BCUT2D eigenvalue weighted by molar-refractivity contribution is 0.354. The summed E-state index contributed by atoms with van der Waals surface area (Å²) in [5.41, 5.74) is 6.25. The van der Waals surface area contributed by atoms with Crippen LogP contribution in [0.25, 0.3) is 0 Å². The highest BCUT2D eigenvalue weighted by atomic mass is 19.1. The van der Waals surface area contributed by atoms with E-state index in [4.69, 9.17) is 5.73 Å². The lowest BCUT2D eigenvalue weighted by Crippen LogP contribution is -2.33. The van der Waals surface area contributed by atoms with Gasteiger partial charge in [0.2, 0.25) is 0 Å². The van der Waals surface area contributed by atoms with Gasteiger partial charge >= 0.3 is 0 Å². The van der Waals surface area contributed by atoms with E-state index in [-0.39, 0.29) is 18.0 Å². The average molecular weight is 255 g/mol. The number of hydrogen-bond donors (Lipinski definition) is 1. The van der Waals surface area contributed by atoms with Crippen LogP contribution >= 0.6 is 0 Å². The summed E-state index contributed by atoms with van der Waals surface area (Å²) >= 11 is 0. The van der Waals surface area contributed by atoms with Crippen molar-refractivity contribution in [3.05, 3.63) is 35.4 Å². The fourth-order valence-electron chi connectivity index (χ4n) is 2.44. The highest BCUT2D eigenvalue weighted by Crippen LogP contribution is 2.22. The molecule has 1 nitrogen and oxygen atoms in total. The van der Waals surface area contributed by atoms with Crippen LogP contribution in [0.3, 0.4) is 0 Å². The number of benzene rings is 1. The van der Waals surface area contributed by atoms with Gasteiger partial charge < -0.3 is 5.73 Å². The molecule has 0 spiro atoms. The Morgan fingerprint density at radius 1 is 1.06 bits per heavy atom. The molecule has 0 amide bonds. The Balaban J connectivity index is 2.75. The SMILES string of the molecule is CCCC(CCC)C(N)Cc1c(F)cccc1F. The summed E-state index contributed by atoms with van der Waals surface area (Å²) in [4.78, 5) is 0. The summed E-state index contributed by atoms with van der Waals surface area (Å²) < 4.78 is 27.1. The molecule has 0 bridgehead atoms. The molecule has 0 aliphatic rings. The Labute approximate surface area is 108 Å². The van der Waals surface area contributed by atoms with Crippen LogP contribution in [0.2, 0.25) is 0 Å². The number of nitrogens with two attached hydrogens (primary N) is 1. The van der Waals surface area contributed by atoms with Crippen molar-refractivity contribution in [1.29, 1.82) is 0 Å². The van der Waals surface area contributed by atoms with Crippen LogP contribution in [0.15, 0.2) is 18.2 Å². The molecule has 2 N–H and O–H groups in total. The zero-order valence-electron chi connectivity index (χ0n) is 11.3. The first kappa shape index (κ1) is 15.1. The molecule has 1 atom stereocenters. The van der Waals surface area contributed by atoms with E-state index in [0.29, 0.717) is 5.92 Å². The summed E-state index contributed by atoms with van der Waals surface area (Å²) in [7, 11) is 0. The van der Waals surface area contributed by atoms with Crippen LogP contribution in [-0.4, -0.2) is 6.04 Å². The van der Waals surface area contributed by atoms with E-state index in [2.05, 4.69) is 13.8 Å². The van der Waals surface area contributed by atoms with Crippen molar-refractivity contribution in [2.45, 2.75) is 52.0 Å². The standard InChI is InChI=1S/C15H23F2N/c1-3-6-11(7-4-2)15(18)10-12-13(16)8-5-9-14(12)17/h5,8-9,11,15H,3-4,6-7,10,18H2,1-2H3. The van der Waals surface area contributed by atoms with Gasteiger partial charge in [0.25, 0.3) is 0 Å². The molecular weight excluding hydrogens is 232 g/mol. The monoisotopic (exact) mass is 255 g/mol. The molecule has 1 rings (SSSR count). The quantitative estimate of drug-likeness (QED) is 0.781. The molecule has 1 aromatic rings. The zero-order valence-corrected chi connectivity index (χ0v) is 11.3. The number of halogens is 2. The largest absolute Gasteiger partial charge is 0.327 e. The average Bonchev–Trinajstić information content (AvgIpc) is 2.33. The van der Waals surface area contributed by atoms with Gasteiger partial charge in [-0.2, -0.15) is 0 Å². The summed E-state index contributed by atoms with van der Waals surface area (Å²) in [6.07, 6.45) is 4.43. The second-order valence-electron chi connectivity index (χ2n) is 4.91. The second-order valence-corrected chi connectivity index (χ2v) is 4.91. The molecule has 0 radical (unpaired) electrons. The van der Waals surface area contributed by atoms with Crippen LogP contribution in [-0.2, 0) is 6.42 Å². The molecule has 102 valence electrons. The smallest absolute Gasteiger partial charge is 0.129 e. The molecule has 1 aromatic carbocycles. The predicted molar refractivity (Wildman–Crippen MR) is 71.3 cm³/mol. The van der Waals surface area contributed by atoms with Gasteiger partial charge in [-0.1, -0.05) is 32.8 Å². The molecule has 1 unspecified atom stereocenters. The topological polar surface area (TPSA) is 26.0 Å². The van der Waals surface area contributed by atoms with Crippen LogP contribution in [0.4, 0.5) is 8.78 Å². The van der Waals surface area contributed by atoms with Crippen LogP contribution in [0.5, 0.6) is 0 Å². The zero-order chi connectivity index (χ0) is 13.5. The minimum atomic E-state index is -0.489. The van der Waals surface area contributed by atoms with Crippen molar-refractivity contribution in [2.24, 2.45) is 11.7 Å². The molecule has 0 saturated carbocycles. The Morgan fingerprint density at radius 2 is 1.56 bits per heavy atom. The van der Waals surface area contributed by atoms with Gasteiger partial charge in [-0.05, 0) is 37.3 Å². The van der Waals surface area contributed by atoms with Crippen molar-refractivity contribution in [3.8, 4) is 0 Å². The lowest BCUT2D eigenvalue weighted by Gasteiger charge is -2.23. The second kappa shape index (κ2) is 7.47. The number of hydrogen-bond acceptors (Lipinski definition) is 1. The first-order valence-electron chi connectivity index (χ1n) is 6.78. The highest BCUT2D eigenvalue weighted by Gasteiger charge is 2.20. The maximum atomic E-state index is 13.6. The summed E-state index contributed by atoms with van der Waals surface area (Å²) in [6, 6.07) is 3.80. The molecule has 0 heterocycles. The third kappa shape index (κ3) is 4.05. The van der Waals surface area contributed by atoms with Gasteiger partial charge in [0.15, 0.2) is 0 Å². The first-order valence-corrected chi connectivity index (χ1v) is 6.78. The van der Waals surface area contributed by atoms with Crippen molar-refractivity contribution in [2.75, 3.05) is 0 Å². The lowest BCUT2D eigenvalue weighted by atomic mass is 9.87. The molecule has 3 heteroatoms. The Morgan fingerprint density at radius 3 is 2.00 bits per heavy atom. The van der Waals surface area contributed by atoms with Gasteiger partial charge in [-0.3, -0.25) is 0 Å². The van der Waals surface area contributed by atoms with E-state index in [9.17, 15) is 8.78 Å². The van der Waals surface area contributed by atoms with Gasteiger partial charge in [-0.25, -0.2) is 8.78 Å². The third-order valence-electron chi connectivity index (χ3n) is 3.43. The molecule has 0 aromatic heterocycles. The normalized spacial score (nSPS) is 13.0. The molecule has 0 aliphatic carbocycles. The van der Waals surface area contributed by atoms with Crippen LogP contribution in [0.1, 0.15) is 45.1 Å². The summed E-state index contributed by atoms with van der Waals surface area (Å²) in [5.74, 6) is -0.631. The molecule has 0 saturated heterocycles. The summed E-state index contributed by atoms with van der Waals surface area (Å²) in [5, 5.41) is 0. The molecule has 18 heavy (non-hydrogen) atoms. The van der Waals surface area contributed by atoms with E-state index in [0.717, 1.165) is 25.7 Å². The first-order chi connectivity index (χ1) is 8.60. The van der Waals surface area contributed by atoms with Crippen LogP contribution < -0.4 is 5.73 Å². The maximum Gasteiger partial charge on any atom is 0.129 e. The maximum absolute atomic E-state index is 13.6. The number of rotatable bonds is 7. The Bertz CT molecular complexity index is 339. The fraction of sp³-hybridized carbons (Fsp3) is 0.600. The third-order valence-corrected chi connectivity index (χ3v) is 3.43. The van der Waals surface area contributed by atoms with Crippen molar-refractivity contribution < 1.29 is 8.78 Å². The minimum Gasteiger partial charge on any atom is -0.327 e. The van der Waals surface area contributed by atoms with Crippen LogP contribution in [0, 0.1) is 17.6 Å². The van der Waals surface area contributed by atoms with E-state index < -0.39 is 11.6 Å². The molecule has 0 fully saturated rings. The molecule has 0 aliphatic heterocycles. The van der Waals surface area contributed by atoms with Gasteiger partial charge in [0.1, 0.15) is 11.6 Å².